The van der Waals surface area contributed by atoms with Gasteiger partial charge in [0.1, 0.15) is 11.6 Å². The van der Waals surface area contributed by atoms with Gasteiger partial charge in [-0.3, -0.25) is 0 Å². The third-order valence-corrected chi connectivity index (χ3v) is 5.80. The van der Waals surface area contributed by atoms with E-state index in [1.165, 1.54) is 0 Å². The normalized spacial score (nSPS) is 11.9. The highest BCUT2D eigenvalue weighted by atomic mass is 16.3. The number of hydrogen-bond acceptors (Lipinski definition) is 3. The number of H-pyrrole nitrogens is 1. The number of phenolic OH excluding ortho intramolecular Hbond substituents is 1. The zero-order valence-electron chi connectivity index (χ0n) is 20.9. The monoisotopic (exact) mass is 443 g/mol. The zero-order chi connectivity index (χ0) is 24.4. The Labute approximate surface area is 198 Å². The van der Waals surface area contributed by atoms with Crippen molar-refractivity contribution in [2.45, 2.75) is 52.4 Å². The Morgan fingerprint density at radius 1 is 0.879 bits per heavy atom. The van der Waals surface area contributed by atoms with Crippen LogP contribution in [-0.4, -0.2) is 28.2 Å². The molecule has 0 radical (unpaired) electrons. The van der Waals surface area contributed by atoms with E-state index in [0.29, 0.717) is 5.75 Å². The maximum absolute atomic E-state index is 11.0. The van der Waals surface area contributed by atoms with E-state index in [-0.39, 0.29) is 10.8 Å². The van der Waals surface area contributed by atoms with Crippen LogP contribution in [0, 0.1) is 0 Å². The first kappa shape index (κ1) is 24.4. The largest absolute Gasteiger partial charge is 0.507 e. The first-order valence-electron chi connectivity index (χ1n) is 11.5. The predicted molar refractivity (Wildman–Crippen MR) is 141 cm³/mol. The van der Waals surface area contributed by atoms with Gasteiger partial charge < -0.3 is 15.0 Å². The summed E-state index contributed by atoms with van der Waals surface area (Å²) in [4.78, 5) is 10.4. The van der Waals surface area contributed by atoms with Gasteiger partial charge in [-0.25, -0.2) is 4.98 Å². The fourth-order valence-electron chi connectivity index (χ4n) is 3.97. The van der Waals surface area contributed by atoms with E-state index in [9.17, 15) is 5.11 Å². The number of aromatic hydroxyl groups is 1. The van der Waals surface area contributed by atoms with Crippen molar-refractivity contribution in [1.82, 2.24) is 9.97 Å². The van der Waals surface area contributed by atoms with Crippen molar-refractivity contribution in [2.24, 2.45) is 0 Å². The number of benzene rings is 2. The molecule has 4 nitrogen and oxygen atoms in total. The molecular weight excluding hydrogens is 406 g/mol. The lowest BCUT2D eigenvalue weighted by molar-refractivity contribution is 0.423. The lowest BCUT2D eigenvalue weighted by atomic mass is 9.78. The molecule has 0 fully saturated rings. The van der Waals surface area contributed by atoms with E-state index in [0.717, 1.165) is 52.5 Å². The first-order chi connectivity index (χ1) is 15.5. The zero-order valence-corrected chi connectivity index (χ0v) is 20.9. The third kappa shape index (κ3) is 5.39. The van der Waals surface area contributed by atoms with Crippen molar-refractivity contribution in [3.63, 3.8) is 0 Å². The summed E-state index contributed by atoms with van der Waals surface area (Å²) in [5.74, 6) is 1.18. The van der Waals surface area contributed by atoms with Crippen LogP contribution in [0.1, 0.15) is 52.7 Å². The number of aromatic amines is 1. The molecule has 3 rings (SSSR count). The first-order valence-corrected chi connectivity index (χ1v) is 11.5. The number of aromatic nitrogens is 2. The summed E-state index contributed by atoms with van der Waals surface area (Å²) in [5.41, 5.74) is 5.52. The molecule has 1 heterocycles. The maximum atomic E-state index is 11.0. The summed E-state index contributed by atoms with van der Waals surface area (Å²) in [5, 5.41) is 11.0. The van der Waals surface area contributed by atoms with Crippen LogP contribution < -0.4 is 4.90 Å². The van der Waals surface area contributed by atoms with E-state index in [1.807, 2.05) is 18.3 Å². The number of imidazole rings is 1. The van der Waals surface area contributed by atoms with Crippen LogP contribution in [0.5, 0.6) is 5.75 Å². The van der Waals surface area contributed by atoms with Gasteiger partial charge in [-0.05, 0) is 35.1 Å². The summed E-state index contributed by atoms with van der Waals surface area (Å²) in [6.07, 6.45) is 5.73. The van der Waals surface area contributed by atoms with Gasteiger partial charge >= 0.3 is 0 Å². The van der Waals surface area contributed by atoms with Crippen molar-refractivity contribution < 1.29 is 5.11 Å². The van der Waals surface area contributed by atoms with Gasteiger partial charge in [-0.2, -0.15) is 0 Å². The van der Waals surface area contributed by atoms with Crippen LogP contribution in [-0.2, 0) is 10.8 Å². The molecule has 0 aliphatic heterocycles. The van der Waals surface area contributed by atoms with Gasteiger partial charge in [0.15, 0.2) is 0 Å². The second kappa shape index (κ2) is 9.30. The number of phenols is 1. The number of nitrogens with one attached hydrogen (secondary N) is 1. The second-order valence-electron chi connectivity index (χ2n) is 10.6. The van der Waals surface area contributed by atoms with Crippen LogP contribution in [0.3, 0.4) is 0 Å². The van der Waals surface area contributed by atoms with Gasteiger partial charge in [0.2, 0.25) is 0 Å². The molecule has 0 spiro atoms. The molecule has 0 aliphatic carbocycles. The summed E-state index contributed by atoms with van der Waals surface area (Å²) in [6.45, 7) is 22.0. The smallest absolute Gasteiger partial charge is 0.138 e. The predicted octanol–water partition coefficient (Wildman–Crippen LogP) is 7.22. The molecule has 0 saturated carbocycles. The lowest BCUT2D eigenvalue weighted by Crippen LogP contribution is -2.22. The standard InChI is InChI=1S/C29H37N3O/c1-9-15-32(16-10-2)22-13-11-20(12-14-22)25-19-30-27(31-25)21-17-23(28(3,4)5)26(33)24(18-21)29(6,7)8/h9-14,17-19,33H,1-2,15-16H2,3-8H3,(H,30,31). The molecule has 1 aromatic heterocycles. The van der Waals surface area contributed by atoms with Crippen molar-refractivity contribution in [2.75, 3.05) is 18.0 Å². The molecule has 0 unspecified atom stereocenters. The minimum absolute atomic E-state index is 0.186. The van der Waals surface area contributed by atoms with Crippen molar-refractivity contribution in [3.05, 3.63) is 79.0 Å². The van der Waals surface area contributed by atoms with Crippen LogP contribution >= 0.6 is 0 Å². The summed E-state index contributed by atoms with van der Waals surface area (Å²) in [6, 6.07) is 12.5. The number of hydrogen-bond donors (Lipinski definition) is 2. The summed E-state index contributed by atoms with van der Waals surface area (Å²) < 4.78 is 0. The SMILES string of the molecule is C=CCN(CC=C)c1ccc(-c2c[nH]c(-c3cc(C(C)(C)C)c(O)c(C(C)(C)C)c3)n2)cc1. The molecule has 3 aromatic rings. The summed E-state index contributed by atoms with van der Waals surface area (Å²) in [7, 11) is 0. The van der Waals surface area contributed by atoms with Crippen molar-refractivity contribution >= 4 is 5.69 Å². The molecule has 2 aromatic carbocycles. The third-order valence-electron chi connectivity index (χ3n) is 5.80. The maximum Gasteiger partial charge on any atom is 0.138 e. The Morgan fingerprint density at radius 3 is 1.85 bits per heavy atom. The number of anilines is 1. The van der Waals surface area contributed by atoms with Gasteiger partial charge in [0, 0.05) is 47.2 Å². The minimum atomic E-state index is -0.186. The molecule has 0 atom stereocenters. The minimum Gasteiger partial charge on any atom is -0.507 e. The van der Waals surface area contributed by atoms with E-state index in [1.54, 1.807) is 0 Å². The van der Waals surface area contributed by atoms with Gasteiger partial charge in [0.05, 0.1) is 5.69 Å². The molecule has 4 heteroatoms. The van der Waals surface area contributed by atoms with Crippen molar-refractivity contribution in [1.29, 1.82) is 0 Å². The topological polar surface area (TPSA) is 52.2 Å². The molecule has 33 heavy (non-hydrogen) atoms. The summed E-state index contributed by atoms with van der Waals surface area (Å²) >= 11 is 0. The number of nitrogens with zero attached hydrogens (tertiary/aromatic N) is 2. The molecule has 0 amide bonds. The molecule has 174 valence electrons. The van der Waals surface area contributed by atoms with E-state index in [4.69, 9.17) is 4.98 Å². The molecule has 0 bridgehead atoms. The Balaban J connectivity index is 1.99. The molecule has 2 N–H and O–H groups in total. The van der Waals surface area contributed by atoms with E-state index in [2.05, 4.69) is 101 Å². The highest BCUT2D eigenvalue weighted by Gasteiger charge is 2.27. The second-order valence-corrected chi connectivity index (χ2v) is 10.6. The van der Waals surface area contributed by atoms with Crippen LogP contribution in [0.25, 0.3) is 22.6 Å². The highest BCUT2D eigenvalue weighted by molar-refractivity contribution is 5.69. The van der Waals surface area contributed by atoms with Crippen LogP contribution in [0.15, 0.2) is 67.9 Å². The molecule has 0 saturated heterocycles. The number of rotatable bonds is 7. The molecule has 0 aliphatic rings. The Bertz CT molecular complexity index is 1080. The van der Waals surface area contributed by atoms with E-state index >= 15 is 0 Å². The quantitative estimate of drug-likeness (QED) is 0.379. The Morgan fingerprint density at radius 2 is 1.39 bits per heavy atom. The molecular formula is C29H37N3O. The average molecular weight is 444 g/mol. The van der Waals surface area contributed by atoms with Crippen LogP contribution in [0.2, 0.25) is 0 Å². The highest BCUT2D eigenvalue weighted by Crippen LogP contribution is 2.41. The fourth-order valence-corrected chi connectivity index (χ4v) is 3.97. The van der Waals surface area contributed by atoms with Crippen LogP contribution in [0.4, 0.5) is 5.69 Å². The van der Waals surface area contributed by atoms with Gasteiger partial charge in [0.25, 0.3) is 0 Å². The fraction of sp³-hybridized carbons (Fsp3) is 0.345. The van der Waals surface area contributed by atoms with Gasteiger partial charge in [-0.1, -0.05) is 65.8 Å². The van der Waals surface area contributed by atoms with Gasteiger partial charge in [-0.15, -0.1) is 13.2 Å². The Hall–Kier alpha value is -3.27. The average Bonchev–Trinajstić information content (AvgIpc) is 3.22. The van der Waals surface area contributed by atoms with E-state index < -0.39 is 0 Å². The Kier molecular flexibility index (Phi) is 6.87. The lowest BCUT2D eigenvalue weighted by Gasteiger charge is -2.28. The van der Waals surface area contributed by atoms with Crippen molar-refractivity contribution in [3.8, 4) is 28.4 Å².